The number of hydrogen-bond donors (Lipinski definition) is 1. The molecule has 0 aliphatic carbocycles. The zero-order valence-electron chi connectivity index (χ0n) is 21.3. The van der Waals surface area contributed by atoms with Crippen molar-refractivity contribution in [2.75, 3.05) is 27.6 Å². The average Bonchev–Trinajstić information content (AvgIpc) is 3.35. The fraction of sp³-hybridized carbons (Fsp3) is 0.345. The predicted molar refractivity (Wildman–Crippen MR) is 138 cm³/mol. The lowest BCUT2D eigenvalue weighted by atomic mass is 9.96. The summed E-state index contributed by atoms with van der Waals surface area (Å²) in [6, 6.07) is 16.0. The standard InChI is InChI=1S/C29H33NO6/c1-19(31)7-6-12-30-16-25-27(32-3)14-23(15-28(25)33-4)34-17-22-8-5-9-24(20(22)2)21-10-11-26-29(13-21)36-18-35-26/h5,8-11,13-15,30H,6-7,12,16-18H2,1-4H3. The maximum atomic E-state index is 11.1. The van der Waals surface area contributed by atoms with Gasteiger partial charge in [0.25, 0.3) is 0 Å². The summed E-state index contributed by atoms with van der Waals surface area (Å²) < 4.78 is 28.4. The second-order valence-corrected chi connectivity index (χ2v) is 8.74. The molecule has 0 saturated heterocycles. The summed E-state index contributed by atoms with van der Waals surface area (Å²) >= 11 is 0. The molecule has 1 aliphatic heterocycles. The van der Waals surface area contributed by atoms with Crippen LogP contribution in [-0.4, -0.2) is 33.3 Å². The summed E-state index contributed by atoms with van der Waals surface area (Å²) in [6.45, 7) is 5.68. The van der Waals surface area contributed by atoms with Gasteiger partial charge in [0.2, 0.25) is 6.79 Å². The van der Waals surface area contributed by atoms with Gasteiger partial charge in [-0.25, -0.2) is 0 Å². The van der Waals surface area contributed by atoms with Crippen LogP contribution in [0.25, 0.3) is 11.1 Å². The molecule has 0 fully saturated rings. The fourth-order valence-corrected chi connectivity index (χ4v) is 4.27. The first-order valence-corrected chi connectivity index (χ1v) is 12.1. The Morgan fingerprint density at radius 1 is 1.00 bits per heavy atom. The Labute approximate surface area is 212 Å². The zero-order chi connectivity index (χ0) is 25.5. The van der Waals surface area contributed by atoms with E-state index in [0.29, 0.717) is 36.8 Å². The number of rotatable bonds is 12. The number of Topliss-reactive ketones (excluding diaryl/α,β-unsaturated/α-hetero) is 1. The first-order chi connectivity index (χ1) is 17.5. The molecule has 1 aliphatic rings. The number of ether oxygens (including phenoxy) is 5. The van der Waals surface area contributed by atoms with Crippen molar-refractivity contribution in [2.45, 2.75) is 39.8 Å². The van der Waals surface area contributed by atoms with Gasteiger partial charge < -0.3 is 33.8 Å². The third-order valence-corrected chi connectivity index (χ3v) is 6.29. The number of methoxy groups -OCH3 is 2. The van der Waals surface area contributed by atoms with Crippen LogP contribution in [0, 0.1) is 6.92 Å². The molecule has 0 radical (unpaired) electrons. The maximum absolute atomic E-state index is 11.1. The molecule has 3 aromatic carbocycles. The Balaban J connectivity index is 1.47. The van der Waals surface area contributed by atoms with Gasteiger partial charge >= 0.3 is 0 Å². The second-order valence-electron chi connectivity index (χ2n) is 8.74. The fourth-order valence-electron chi connectivity index (χ4n) is 4.27. The van der Waals surface area contributed by atoms with Gasteiger partial charge in [0, 0.05) is 25.1 Å². The van der Waals surface area contributed by atoms with Gasteiger partial charge in [-0.1, -0.05) is 24.3 Å². The highest BCUT2D eigenvalue weighted by Crippen LogP contribution is 2.38. The molecule has 1 N–H and O–H groups in total. The number of fused-ring (bicyclic) bond motifs is 1. The molecular weight excluding hydrogens is 458 g/mol. The molecule has 7 nitrogen and oxygen atoms in total. The van der Waals surface area contributed by atoms with Crippen molar-refractivity contribution in [3.05, 3.63) is 65.2 Å². The first kappa shape index (κ1) is 25.4. The Kier molecular flexibility index (Phi) is 8.33. The SMILES string of the molecule is COc1cc(OCc2cccc(-c3ccc4c(c3)OCO4)c2C)cc(OC)c1CNCCCC(C)=O. The van der Waals surface area contributed by atoms with Crippen LogP contribution in [0.2, 0.25) is 0 Å². The van der Waals surface area contributed by atoms with Crippen molar-refractivity contribution in [3.63, 3.8) is 0 Å². The van der Waals surface area contributed by atoms with Crippen molar-refractivity contribution >= 4 is 5.78 Å². The smallest absolute Gasteiger partial charge is 0.231 e. The Morgan fingerprint density at radius 3 is 2.47 bits per heavy atom. The van der Waals surface area contributed by atoms with Crippen molar-refractivity contribution in [2.24, 2.45) is 0 Å². The molecule has 4 rings (SSSR count). The van der Waals surface area contributed by atoms with E-state index in [4.69, 9.17) is 23.7 Å². The Bertz CT molecular complexity index is 1200. The molecule has 7 heteroatoms. The highest BCUT2D eigenvalue weighted by Gasteiger charge is 2.17. The molecule has 0 saturated carbocycles. The maximum Gasteiger partial charge on any atom is 0.231 e. The summed E-state index contributed by atoms with van der Waals surface area (Å²) in [5.74, 6) is 3.78. The molecule has 0 unspecified atom stereocenters. The summed E-state index contributed by atoms with van der Waals surface area (Å²) in [5, 5.41) is 3.36. The normalized spacial score (nSPS) is 11.9. The number of nitrogens with one attached hydrogen (secondary N) is 1. The highest BCUT2D eigenvalue weighted by atomic mass is 16.7. The number of carbonyl (C=O) groups excluding carboxylic acids is 1. The van der Waals surface area contributed by atoms with Crippen LogP contribution in [0.3, 0.4) is 0 Å². The largest absolute Gasteiger partial charge is 0.496 e. The summed E-state index contributed by atoms with van der Waals surface area (Å²) in [4.78, 5) is 11.1. The van der Waals surface area contributed by atoms with Gasteiger partial charge in [-0.15, -0.1) is 0 Å². The molecule has 1 heterocycles. The minimum atomic E-state index is 0.199. The lowest BCUT2D eigenvalue weighted by Crippen LogP contribution is -2.16. The predicted octanol–water partition coefficient (Wildman–Crippen LogP) is 5.45. The third-order valence-electron chi connectivity index (χ3n) is 6.29. The van der Waals surface area contributed by atoms with Gasteiger partial charge in [0.05, 0.1) is 19.8 Å². The summed E-state index contributed by atoms with van der Waals surface area (Å²) in [6.07, 6.45) is 1.37. The number of hydrogen-bond acceptors (Lipinski definition) is 7. The number of ketones is 1. The van der Waals surface area contributed by atoms with Crippen LogP contribution >= 0.6 is 0 Å². The van der Waals surface area contributed by atoms with Crippen LogP contribution in [0.15, 0.2) is 48.5 Å². The van der Waals surface area contributed by atoms with Crippen LogP contribution in [0.1, 0.15) is 36.5 Å². The van der Waals surface area contributed by atoms with Gasteiger partial charge in [0.1, 0.15) is 29.6 Å². The molecule has 0 amide bonds. The van der Waals surface area contributed by atoms with E-state index < -0.39 is 0 Å². The quantitative estimate of drug-likeness (QED) is 0.338. The zero-order valence-corrected chi connectivity index (χ0v) is 21.3. The Hall–Kier alpha value is -3.71. The van der Waals surface area contributed by atoms with E-state index in [1.54, 1.807) is 21.1 Å². The highest BCUT2D eigenvalue weighted by molar-refractivity contribution is 5.75. The van der Waals surface area contributed by atoms with Crippen molar-refractivity contribution in [1.29, 1.82) is 0 Å². The monoisotopic (exact) mass is 491 g/mol. The van der Waals surface area contributed by atoms with E-state index in [9.17, 15) is 4.79 Å². The molecule has 0 bridgehead atoms. The van der Waals surface area contributed by atoms with E-state index >= 15 is 0 Å². The van der Waals surface area contributed by atoms with Gasteiger partial charge in [0.15, 0.2) is 11.5 Å². The minimum Gasteiger partial charge on any atom is -0.496 e. The van der Waals surface area contributed by atoms with E-state index in [1.165, 1.54) is 0 Å². The molecule has 0 atom stereocenters. The molecule has 0 aromatic heterocycles. The lowest BCUT2D eigenvalue weighted by molar-refractivity contribution is -0.117. The molecule has 3 aromatic rings. The second kappa shape index (κ2) is 11.8. The van der Waals surface area contributed by atoms with Crippen molar-refractivity contribution in [1.82, 2.24) is 5.32 Å². The summed E-state index contributed by atoms with van der Waals surface area (Å²) in [7, 11) is 3.27. The van der Waals surface area contributed by atoms with Gasteiger partial charge in [-0.3, -0.25) is 0 Å². The van der Waals surface area contributed by atoms with E-state index in [1.807, 2.05) is 36.4 Å². The molecule has 190 valence electrons. The average molecular weight is 492 g/mol. The number of carbonyl (C=O) groups is 1. The van der Waals surface area contributed by atoms with Crippen LogP contribution in [0.5, 0.6) is 28.7 Å². The van der Waals surface area contributed by atoms with E-state index in [-0.39, 0.29) is 12.6 Å². The van der Waals surface area contributed by atoms with Gasteiger partial charge in [-0.2, -0.15) is 0 Å². The lowest BCUT2D eigenvalue weighted by Gasteiger charge is -2.17. The van der Waals surface area contributed by atoms with Crippen molar-refractivity contribution < 1.29 is 28.5 Å². The van der Waals surface area contributed by atoms with E-state index in [0.717, 1.165) is 52.3 Å². The third kappa shape index (κ3) is 5.91. The first-order valence-electron chi connectivity index (χ1n) is 12.1. The van der Waals surface area contributed by atoms with Gasteiger partial charge in [-0.05, 0) is 61.2 Å². The van der Waals surface area contributed by atoms with Crippen LogP contribution in [0.4, 0.5) is 0 Å². The Morgan fingerprint density at radius 2 is 1.75 bits per heavy atom. The van der Waals surface area contributed by atoms with E-state index in [2.05, 4.69) is 24.4 Å². The number of benzene rings is 3. The van der Waals surface area contributed by atoms with Crippen LogP contribution in [-0.2, 0) is 17.9 Å². The molecule has 0 spiro atoms. The molecular formula is C29H33NO6. The molecule has 36 heavy (non-hydrogen) atoms. The summed E-state index contributed by atoms with van der Waals surface area (Å²) in [5.41, 5.74) is 5.33. The van der Waals surface area contributed by atoms with Crippen LogP contribution < -0.4 is 29.0 Å². The minimum absolute atomic E-state index is 0.199. The van der Waals surface area contributed by atoms with Crippen molar-refractivity contribution in [3.8, 4) is 39.9 Å². The topological polar surface area (TPSA) is 75.2 Å².